The molecule has 2 aliphatic heterocycles. The predicted octanol–water partition coefficient (Wildman–Crippen LogP) is 2.15. The van der Waals surface area contributed by atoms with Crippen LogP contribution in [0.4, 0.5) is 0 Å². The molecule has 0 saturated carbocycles. The van der Waals surface area contributed by atoms with Gasteiger partial charge in [0.05, 0.1) is 12.7 Å². The van der Waals surface area contributed by atoms with Gasteiger partial charge >= 0.3 is 0 Å². The average molecular weight is 280 g/mol. The van der Waals surface area contributed by atoms with E-state index in [1.165, 1.54) is 25.1 Å². The van der Waals surface area contributed by atoms with Gasteiger partial charge in [-0.15, -0.1) is 0 Å². The van der Waals surface area contributed by atoms with Crippen LogP contribution in [0.5, 0.6) is 0 Å². The van der Waals surface area contributed by atoms with Crippen molar-refractivity contribution in [1.29, 1.82) is 0 Å². The Labute approximate surface area is 120 Å². The number of ether oxygens (including phenoxy) is 1. The summed E-state index contributed by atoms with van der Waals surface area (Å²) in [7, 11) is 4.28. The Morgan fingerprint density at radius 1 is 1.47 bits per heavy atom. The summed E-state index contributed by atoms with van der Waals surface area (Å²) in [5, 5.41) is 4.45. The van der Waals surface area contributed by atoms with Crippen molar-refractivity contribution in [3.63, 3.8) is 0 Å². The van der Waals surface area contributed by atoms with Crippen LogP contribution in [-0.2, 0) is 11.3 Å². The molecule has 0 N–H and O–H groups in total. The summed E-state index contributed by atoms with van der Waals surface area (Å²) in [5.41, 5.74) is 1.46. The van der Waals surface area contributed by atoms with Crippen molar-refractivity contribution in [2.75, 3.05) is 40.3 Å². The van der Waals surface area contributed by atoms with Gasteiger partial charge in [0.15, 0.2) is 0 Å². The first-order chi connectivity index (χ1) is 9.22. The Kier molecular flexibility index (Phi) is 4.22. The van der Waals surface area contributed by atoms with Crippen LogP contribution < -0.4 is 0 Å². The van der Waals surface area contributed by atoms with E-state index < -0.39 is 0 Å². The topological polar surface area (TPSA) is 15.7 Å². The minimum absolute atomic E-state index is 0.435. The van der Waals surface area contributed by atoms with Crippen molar-refractivity contribution < 1.29 is 4.74 Å². The van der Waals surface area contributed by atoms with Gasteiger partial charge in [0.2, 0.25) is 0 Å². The molecule has 0 bridgehead atoms. The molecule has 0 spiro atoms. The van der Waals surface area contributed by atoms with Gasteiger partial charge in [0.25, 0.3) is 0 Å². The van der Waals surface area contributed by atoms with E-state index in [4.69, 9.17) is 4.74 Å². The van der Waals surface area contributed by atoms with Crippen LogP contribution >= 0.6 is 11.3 Å². The molecule has 2 aliphatic rings. The quantitative estimate of drug-likeness (QED) is 0.840. The zero-order valence-corrected chi connectivity index (χ0v) is 12.7. The SMILES string of the molecule is CN(C)C[C@@H]1OC[C@H]2CCN(Cc3ccsc3)C[C@H]21. The molecule has 0 radical (unpaired) electrons. The smallest absolute Gasteiger partial charge is 0.0745 e. The molecule has 3 atom stereocenters. The second-order valence-electron chi connectivity index (χ2n) is 6.21. The monoisotopic (exact) mass is 280 g/mol. The summed E-state index contributed by atoms with van der Waals surface area (Å²) in [5.74, 6) is 1.53. The van der Waals surface area contributed by atoms with E-state index in [2.05, 4.69) is 40.7 Å². The minimum Gasteiger partial charge on any atom is -0.376 e. The number of nitrogens with zero attached hydrogens (tertiary/aromatic N) is 2. The molecule has 0 aromatic carbocycles. The molecule has 1 aromatic rings. The van der Waals surface area contributed by atoms with Crippen LogP contribution in [0.1, 0.15) is 12.0 Å². The lowest BCUT2D eigenvalue weighted by molar-refractivity contribution is 0.0543. The van der Waals surface area contributed by atoms with E-state index in [9.17, 15) is 0 Å². The summed E-state index contributed by atoms with van der Waals surface area (Å²) in [6, 6.07) is 2.25. The number of fused-ring (bicyclic) bond motifs is 1. The van der Waals surface area contributed by atoms with Crippen molar-refractivity contribution in [2.24, 2.45) is 11.8 Å². The molecule has 3 nitrogen and oxygen atoms in total. The molecule has 0 aliphatic carbocycles. The molecule has 0 unspecified atom stereocenters. The fourth-order valence-electron chi connectivity index (χ4n) is 3.43. The fourth-order valence-corrected chi connectivity index (χ4v) is 4.09. The fraction of sp³-hybridized carbons (Fsp3) is 0.733. The summed E-state index contributed by atoms with van der Waals surface area (Å²) in [6.07, 6.45) is 1.74. The maximum absolute atomic E-state index is 6.03. The van der Waals surface area contributed by atoms with E-state index in [0.717, 1.165) is 31.5 Å². The molecule has 1 aromatic heterocycles. The Morgan fingerprint density at radius 2 is 2.37 bits per heavy atom. The number of likely N-dealkylation sites (tertiary alicyclic amines) is 1. The maximum Gasteiger partial charge on any atom is 0.0745 e. The van der Waals surface area contributed by atoms with E-state index in [1.807, 2.05) is 0 Å². The zero-order valence-electron chi connectivity index (χ0n) is 11.9. The lowest BCUT2D eigenvalue weighted by atomic mass is 9.84. The van der Waals surface area contributed by atoms with Crippen LogP contribution in [0.2, 0.25) is 0 Å². The van der Waals surface area contributed by atoms with Crippen molar-refractivity contribution in [1.82, 2.24) is 9.80 Å². The van der Waals surface area contributed by atoms with Crippen LogP contribution in [-0.4, -0.2) is 56.2 Å². The van der Waals surface area contributed by atoms with E-state index in [-0.39, 0.29) is 0 Å². The minimum atomic E-state index is 0.435. The largest absolute Gasteiger partial charge is 0.376 e. The normalized spacial score (nSPS) is 31.8. The number of hydrogen-bond donors (Lipinski definition) is 0. The molecule has 3 heterocycles. The van der Waals surface area contributed by atoms with Crippen LogP contribution in [0.3, 0.4) is 0 Å². The van der Waals surface area contributed by atoms with Gasteiger partial charge in [-0.05, 0) is 55.4 Å². The highest BCUT2D eigenvalue weighted by atomic mass is 32.1. The Bertz CT molecular complexity index is 393. The maximum atomic E-state index is 6.03. The van der Waals surface area contributed by atoms with Crippen molar-refractivity contribution >= 4 is 11.3 Å². The molecule has 2 saturated heterocycles. The molecular formula is C15H24N2OS. The molecule has 4 heteroatoms. The number of rotatable bonds is 4. The second-order valence-corrected chi connectivity index (χ2v) is 6.99. The highest BCUT2D eigenvalue weighted by Crippen LogP contribution is 2.34. The van der Waals surface area contributed by atoms with Crippen LogP contribution in [0, 0.1) is 11.8 Å². The molecule has 106 valence electrons. The van der Waals surface area contributed by atoms with E-state index in [1.54, 1.807) is 11.3 Å². The first kappa shape index (κ1) is 13.6. The summed E-state index contributed by atoms with van der Waals surface area (Å²) >= 11 is 1.80. The van der Waals surface area contributed by atoms with Gasteiger partial charge in [-0.2, -0.15) is 11.3 Å². The highest BCUT2D eigenvalue weighted by molar-refractivity contribution is 7.07. The standard InChI is InChI=1S/C15H24N2OS/c1-16(2)9-15-14-8-17(5-3-13(14)10-18-15)7-12-4-6-19-11-12/h4,6,11,13-15H,3,5,7-10H2,1-2H3/t13-,14-,15+/m1/s1. The average Bonchev–Trinajstić information content (AvgIpc) is 3.00. The number of thiophene rings is 1. The number of likely N-dealkylation sites (N-methyl/N-ethyl adjacent to an activating group) is 1. The number of hydrogen-bond acceptors (Lipinski definition) is 4. The predicted molar refractivity (Wildman–Crippen MR) is 79.5 cm³/mol. The molecular weight excluding hydrogens is 256 g/mol. The Hall–Kier alpha value is -0.420. The van der Waals surface area contributed by atoms with Crippen LogP contribution in [0.15, 0.2) is 16.8 Å². The Morgan fingerprint density at radius 3 is 3.11 bits per heavy atom. The second kappa shape index (κ2) is 5.92. The van der Waals surface area contributed by atoms with Crippen molar-refractivity contribution in [3.05, 3.63) is 22.4 Å². The Balaban J connectivity index is 1.59. The highest BCUT2D eigenvalue weighted by Gasteiger charge is 2.40. The third-order valence-corrected chi connectivity index (χ3v) is 5.16. The summed E-state index contributed by atoms with van der Waals surface area (Å²) < 4.78 is 6.03. The van der Waals surface area contributed by atoms with E-state index >= 15 is 0 Å². The first-order valence-electron chi connectivity index (χ1n) is 7.22. The van der Waals surface area contributed by atoms with Crippen molar-refractivity contribution in [2.45, 2.75) is 19.1 Å². The van der Waals surface area contributed by atoms with Gasteiger partial charge in [-0.25, -0.2) is 0 Å². The summed E-state index contributed by atoms with van der Waals surface area (Å²) in [4.78, 5) is 4.87. The van der Waals surface area contributed by atoms with Gasteiger partial charge in [-0.3, -0.25) is 4.90 Å². The zero-order chi connectivity index (χ0) is 13.2. The van der Waals surface area contributed by atoms with Gasteiger partial charge < -0.3 is 9.64 Å². The van der Waals surface area contributed by atoms with Gasteiger partial charge in [-0.1, -0.05) is 0 Å². The number of piperidine rings is 1. The van der Waals surface area contributed by atoms with E-state index in [0.29, 0.717) is 6.10 Å². The molecule has 3 rings (SSSR count). The van der Waals surface area contributed by atoms with Gasteiger partial charge in [0.1, 0.15) is 0 Å². The third kappa shape index (κ3) is 3.19. The molecule has 0 amide bonds. The van der Waals surface area contributed by atoms with Gasteiger partial charge in [0, 0.05) is 25.6 Å². The van der Waals surface area contributed by atoms with Crippen molar-refractivity contribution in [3.8, 4) is 0 Å². The molecule has 2 fully saturated rings. The first-order valence-corrected chi connectivity index (χ1v) is 8.16. The third-order valence-electron chi connectivity index (χ3n) is 4.42. The lowest BCUT2D eigenvalue weighted by Gasteiger charge is -2.36. The lowest BCUT2D eigenvalue weighted by Crippen LogP contribution is -2.44. The summed E-state index contributed by atoms with van der Waals surface area (Å²) in [6.45, 7) is 5.60. The molecule has 19 heavy (non-hydrogen) atoms. The van der Waals surface area contributed by atoms with Crippen LogP contribution in [0.25, 0.3) is 0 Å².